The van der Waals surface area contributed by atoms with E-state index in [-0.39, 0.29) is 12.2 Å². The second-order valence-electron chi connectivity index (χ2n) is 4.69. The topological polar surface area (TPSA) is 98.7 Å². The molecule has 2 rings (SSSR count). The van der Waals surface area contributed by atoms with E-state index in [1.54, 1.807) is 5.38 Å². The van der Waals surface area contributed by atoms with Crippen molar-refractivity contribution in [3.05, 3.63) is 17.0 Å². The summed E-state index contributed by atoms with van der Waals surface area (Å²) in [4.78, 5) is 22.8. The van der Waals surface area contributed by atoms with E-state index in [2.05, 4.69) is 10.6 Å². The molecule has 19 heavy (non-hydrogen) atoms. The van der Waals surface area contributed by atoms with Gasteiger partial charge in [-0.05, 0) is 24.3 Å². The van der Waals surface area contributed by atoms with Crippen molar-refractivity contribution in [2.24, 2.45) is 0 Å². The molecule has 0 saturated heterocycles. The number of amides is 2. The fourth-order valence-electron chi connectivity index (χ4n) is 2.32. The van der Waals surface area contributed by atoms with E-state index in [0.29, 0.717) is 5.00 Å². The summed E-state index contributed by atoms with van der Waals surface area (Å²) in [6.45, 7) is -0.101. The Morgan fingerprint density at radius 1 is 1.37 bits per heavy atom. The maximum atomic E-state index is 11.9. The van der Waals surface area contributed by atoms with Crippen LogP contribution in [0.5, 0.6) is 0 Å². The van der Waals surface area contributed by atoms with Crippen molar-refractivity contribution in [1.82, 2.24) is 5.32 Å². The van der Waals surface area contributed by atoms with E-state index in [1.165, 1.54) is 6.07 Å². The third-order valence-electron chi connectivity index (χ3n) is 3.36. The molecule has 0 radical (unpaired) electrons. The van der Waals surface area contributed by atoms with Gasteiger partial charge in [0.15, 0.2) is 0 Å². The number of hydrogen-bond donors (Lipinski definition) is 4. The maximum absolute atomic E-state index is 11.9. The zero-order valence-corrected chi connectivity index (χ0v) is 11.1. The molecule has 0 unspecified atom stereocenters. The van der Waals surface area contributed by atoms with Gasteiger partial charge >= 0.3 is 12.0 Å². The lowest BCUT2D eigenvalue weighted by Gasteiger charge is -2.27. The first kappa shape index (κ1) is 13.8. The Labute approximate surface area is 114 Å². The highest BCUT2D eigenvalue weighted by Crippen LogP contribution is 2.29. The van der Waals surface area contributed by atoms with Gasteiger partial charge in [-0.2, -0.15) is 0 Å². The quantitative estimate of drug-likeness (QED) is 0.678. The number of rotatable bonds is 4. The van der Waals surface area contributed by atoms with Crippen molar-refractivity contribution in [1.29, 1.82) is 0 Å². The second-order valence-corrected chi connectivity index (χ2v) is 5.61. The SMILES string of the molecule is O=C(Nc1sccc1C(=O)O)NC1(CO)CCCC1. The molecule has 1 aliphatic rings. The van der Waals surface area contributed by atoms with Gasteiger partial charge < -0.3 is 15.5 Å². The summed E-state index contributed by atoms with van der Waals surface area (Å²) < 4.78 is 0. The molecule has 1 heterocycles. The van der Waals surface area contributed by atoms with Crippen molar-refractivity contribution in [2.45, 2.75) is 31.2 Å². The minimum atomic E-state index is -1.07. The maximum Gasteiger partial charge on any atom is 0.338 e. The van der Waals surface area contributed by atoms with Crippen molar-refractivity contribution in [3.63, 3.8) is 0 Å². The Morgan fingerprint density at radius 3 is 2.63 bits per heavy atom. The molecule has 0 atom stereocenters. The predicted molar refractivity (Wildman–Crippen MR) is 71.7 cm³/mol. The average Bonchev–Trinajstić information content (AvgIpc) is 2.98. The second kappa shape index (κ2) is 5.58. The van der Waals surface area contributed by atoms with Gasteiger partial charge in [0.25, 0.3) is 0 Å². The molecular formula is C12H16N2O4S. The number of carbonyl (C=O) groups excluding carboxylic acids is 1. The smallest absolute Gasteiger partial charge is 0.338 e. The van der Waals surface area contributed by atoms with Crippen LogP contribution in [0, 0.1) is 0 Å². The average molecular weight is 284 g/mol. The van der Waals surface area contributed by atoms with Crippen LogP contribution < -0.4 is 10.6 Å². The number of nitrogens with one attached hydrogen (secondary N) is 2. The van der Waals surface area contributed by atoms with Crippen LogP contribution in [-0.4, -0.2) is 34.4 Å². The fourth-order valence-corrected chi connectivity index (χ4v) is 3.10. The van der Waals surface area contributed by atoms with Crippen LogP contribution >= 0.6 is 11.3 Å². The molecule has 1 aromatic rings. The Hall–Kier alpha value is -1.60. The monoisotopic (exact) mass is 284 g/mol. The van der Waals surface area contributed by atoms with Crippen LogP contribution in [0.4, 0.5) is 9.80 Å². The van der Waals surface area contributed by atoms with Crippen molar-refractivity contribution < 1.29 is 19.8 Å². The standard InChI is InChI=1S/C12H16N2O4S/c15-7-12(4-1-2-5-12)14-11(18)13-9-8(10(16)17)3-6-19-9/h3,6,15H,1-2,4-5,7H2,(H,16,17)(H2,13,14,18). The van der Waals surface area contributed by atoms with Crippen LogP contribution in [0.15, 0.2) is 11.4 Å². The van der Waals surface area contributed by atoms with Crippen molar-refractivity contribution >= 4 is 28.3 Å². The van der Waals surface area contributed by atoms with E-state index in [0.717, 1.165) is 37.0 Å². The molecule has 0 bridgehead atoms. The molecule has 104 valence electrons. The predicted octanol–water partition coefficient (Wildman–Crippen LogP) is 1.87. The number of aromatic carboxylic acids is 1. The van der Waals surface area contributed by atoms with Crippen LogP contribution in [0.2, 0.25) is 0 Å². The summed E-state index contributed by atoms with van der Waals surface area (Å²) >= 11 is 1.16. The number of anilines is 1. The Morgan fingerprint density at radius 2 is 2.05 bits per heavy atom. The van der Waals surface area contributed by atoms with E-state index < -0.39 is 17.5 Å². The number of carboxylic acids is 1. The summed E-state index contributed by atoms with van der Waals surface area (Å²) in [6.07, 6.45) is 3.43. The Bertz CT molecular complexity index is 480. The molecule has 0 aliphatic heterocycles. The molecule has 0 aromatic carbocycles. The number of thiophene rings is 1. The van der Waals surface area contributed by atoms with E-state index in [1.807, 2.05) is 0 Å². The summed E-state index contributed by atoms with van der Waals surface area (Å²) in [5.74, 6) is -1.07. The lowest BCUT2D eigenvalue weighted by molar-refractivity contribution is 0.0698. The van der Waals surface area contributed by atoms with E-state index >= 15 is 0 Å². The minimum Gasteiger partial charge on any atom is -0.478 e. The van der Waals surface area contributed by atoms with E-state index in [4.69, 9.17) is 5.11 Å². The minimum absolute atomic E-state index is 0.0737. The molecule has 1 aromatic heterocycles. The highest BCUT2D eigenvalue weighted by Gasteiger charge is 2.34. The highest BCUT2D eigenvalue weighted by molar-refractivity contribution is 7.14. The first-order chi connectivity index (χ1) is 9.06. The van der Waals surface area contributed by atoms with Crippen molar-refractivity contribution in [3.8, 4) is 0 Å². The van der Waals surface area contributed by atoms with Gasteiger partial charge in [0, 0.05) is 0 Å². The number of aliphatic hydroxyl groups excluding tert-OH is 1. The molecule has 1 fully saturated rings. The molecule has 6 nitrogen and oxygen atoms in total. The zero-order chi connectivity index (χ0) is 13.9. The molecule has 0 spiro atoms. The largest absolute Gasteiger partial charge is 0.478 e. The van der Waals surface area contributed by atoms with Crippen LogP contribution in [0.3, 0.4) is 0 Å². The third kappa shape index (κ3) is 3.05. The summed E-state index contributed by atoms with van der Waals surface area (Å²) in [5.41, 5.74) is -0.491. The first-order valence-corrected chi connectivity index (χ1v) is 6.95. The van der Waals surface area contributed by atoms with Gasteiger partial charge in [0.1, 0.15) is 5.00 Å². The van der Waals surface area contributed by atoms with Gasteiger partial charge in [-0.25, -0.2) is 9.59 Å². The van der Waals surface area contributed by atoms with Crippen LogP contribution in [0.1, 0.15) is 36.0 Å². The molecule has 1 aliphatic carbocycles. The third-order valence-corrected chi connectivity index (χ3v) is 4.19. The number of hydrogen-bond acceptors (Lipinski definition) is 4. The van der Waals surface area contributed by atoms with Gasteiger partial charge in [0.2, 0.25) is 0 Å². The molecular weight excluding hydrogens is 268 g/mol. The molecule has 2 amide bonds. The van der Waals surface area contributed by atoms with E-state index in [9.17, 15) is 14.7 Å². The Kier molecular flexibility index (Phi) is 4.06. The van der Waals surface area contributed by atoms with Gasteiger partial charge in [0.05, 0.1) is 17.7 Å². The van der Waals surface area contributed by atoms with Gasteiger partial charge in [-0.15, -0.1) is 11.3 Å². The zero-order valence-electron chi connectivity index (χ0n) is 10.3. The molecule has 1 saturated carbocycles. The summed E-state index contributed by atoms with van der Waals surface area (Å²) in [6, 6.07) is 0.973. The lowest BCUT2D eigenvalue weighted by atomic mass is 9.99. The summed E-state index contributed by atoms with van der Waals surface area (Å²) in [5, 5.41) is 25.5. The molecule has 4 N–H and O–H groups in total. The van der Waals surface area contributed by atoms with Gasteiger partial charge in [-0.1, -0.05) is 12.8 Å². The lowest BCUT2D eigenvalue weighted by Crippen LogP contribution is -2.50. The Balaban J connectivity index is 2.01. The number of aliphatic hydroxyl groups is 1. The number of urea groups is 1. The number of carbonyl (C=O) groups is 2. The van der Waals surface area contributed by atoms with Crippen LogP contribution in [0.25, 0.3) is 0 Å². The fraction of sp³-hybridized carbons (Fsp3) is 0.500. The highest BCUT2D eigenvalue weighted by atomic mass is 32.1. The number of carboxylic acid groups (broad SMARTS) is 1. The summed E-state index contributed by atoms with van der Waals surface area (Å²) in [7, 11) is 0. The van der Waals surface area contributed by atoms with Crippen molar-refractivity contribution in [2.75, 3.05) is 11.9 Å². The van der Waals surface area contributed by atoms with Crippen LogP contribution in [-0.2, 0) is 0 Å². The first-order valence-electron chi connectivity index (χ1n) is 6.07. The normalized spacial score (nSPS) is 17.1. The van der Waals surface area contributed by atoms with Gasteiger partial charge in [-0.3, -0.25) is 5.32 Å². The molecule has 7 heteroatoms.